The molecule has 0 aliphatic carbocycles. The predicted octanol–water partition coefficient (Wildman–Crippen LogP) is 2.32. The lowest BCUT2D eigenvalue weighted by Gasteiger charge is -2.09. The molecule has 2 N–H and O–H groups in total. The van der Waals surface area contributed by atoms with Gasteiger partial charge in [-0.05, 0) is 24.5 Å². The Morgan fingerprint density at radius 1 is 1.50 bits per heavy atom. The fraction of sp³-hybridized carbons (Fsp3) is 0.333. The summed E-state index contributed by atoms with van der Waals surface area (Å²) in [5.41, 5.74) is 7.24. The smallest absolute Gasteiger partial charge is 0.315 e. The third-order valence-corrected chi connectivity index (χ3v) is 2.61. The first kappa shape index (κ1) is 12.2. The highest BCUT2D eigenvalue weighted by Crippen LogP contribution is 2.31. The molecule has 0 radical (unpaired) electrons. The van der Waals surface area contributed by atoms with Crippen molar-refractivity contribution in [3.8, 4) is 0 Å². The molecule has 94 valence electrons. The summed E-state index contributed by atoms with van der Waals surface area (Å²) in [6, 6.07) is 3.49. The number of hydrogen-bond donors (Lipinski definition) is 1. The van der Waals surface area contributed by atoms with Crippen molar-refractivity contribution in [2.75, 3.05) is 5.73 Å². The Hall–Kier alpha value is -2.24. The lowest BCUT2D eigenvalue weighted by molar-refractivity contribution is -0.384. The van der Waals surface area contributed by atoms with E-state index in [1.807, 2.05) is 13.8 Å². The van der Waals surface area contributed by atoms with E-state index in [4.69, 9.17) is 5.73 Å². The normalized spacial score (nSPS) is 11.1. The third kappa shape index (κ3) is 2.09. The SMILES string of the molecule is CC(C)Cc1nc2cccnc2c(N)c1[N+](=O)[O-]. The number of aromatic nitrogens is 2. The first-order valence-corrected chi connectivity index (χ1v) is 5.68. The molecule has 18 heavy (non-hydrogen) atoms. The van der Waals surface area contributed by atoms with Crippen LogP contribution in [-0.2, 0) is 6.42 Å². The Bertz CT molecular complexity index is 610. The first-order chi connectivity index (χ1) is 8.50. The summed E-state index contributed by atoms with van der Waals surface area (Å²) < 4.78 is 0. The van der Waals surface area contributed by atoms with Gasteiger partial charge in [0.2, 0.25) is 0 Å². The molecule has 0 saturated carbocycles. The predicted molar refractivity (Wildman–Crippen MR) is 69.1 cm³/mol. The minimum absolute atomic E-state index is 0.0984. The highest BCUT2D eigenvalue weighted by Gasteiger charge is 2.23. The van der Waals surface area contributed by atoms with E-state index in [2.05, 4.69) is 9.97 Å². The van der Waals surface area contributed by atoms with Gasteiger partial charge in [0.05, 0.1) is 10.4 Å². The second kappa shape index (κ2) is 4.56. The maximum atomic E-state index is 11.1. The molecule has 2 aromatic rings. The maximum absolute atomic E-state index is 11.1. The van der Waals surface area contributed by atoms with Crippen molar-refractivity contribution < 1.29 is 4.92 Å². The topological polar surface area (TPSA) is 94.9 Å². The standard InChI is InChI=1S/C12H14N4O2/c1-7(2)6-9-12(16(17)18)10(13)11-8(15-9)4-3-5-14-11/h3-5,7H,6H2,1-2H3,(H2,13,15). The van der Waals surface area contributed by atoms with Crippen molar-refractivity contribution in [1.82, 2.24) is 9.97 Å². The Labute approximate surface area is 104 Å². The van der Waals surface area contributed by atoms with Gasteiger partial charge in [0.25, 0.3) is 0 Å². The zero-order valence-electron chi connectivity index (χ0n) is 10.3. The van der Waals surface area contributed by atoms with Crippen LogP contribution in [0.4, 0.5) is 11.4 Å². The summed E-state index contributed by atoms with van der Waals surface area (Å²) in [4.78, 5) is 19.0. The molecule has 2 rings (SSSR count). The molecule has 2 heterocycles. The Morgan fingerprint density at radius 3 is 2.83 bits per heavy atom. The fourth-order valence-corrected chi connectivity index (χ4v) is 1.89. The van der Waals surface area contributed by atoms with Crippen molar-refractivity contribution >= 4 is 22.4 Å². The Morgan fingerprint density at radius 2 is 2.22 bits per heavy atom. The van der Waals surface area contributed by atoms with Crippen LogP contribution in [0.15, 0.2) is 18.3 Å². The van der Waals surface area contributed by atoms with Gasteiger partial charge in [-0.15, -0.1) is 0 Å². The molecule has 0 bridgehead atoms. The van der Waals surface area contributed by atoms with Gasteiger partial charge >= 0.3 is 5.69 Å². The molecule has 0 atom stereocenters. The van der Waals surface area contributed by atoms with Crippen LogP contribution in [0.2, 0.25) is 0 Å². The van der Waals surface area contributed by atoms with Crippen LogP contribution in [0.1, 0.15) is 19.5 Å². The summed E-state index contributed by atoms with van der Waals surface area (Å²) in [6.07, 6.45) is 2.07. The van der Waals surface area contributed by atoms with Crippen LogP contribution in [-0.4, -0.2) is 14.9 Å². The molecule has 0 aliphatic heterocycles. The lowest BCUT2D eigenvalue weighted by Crippen LogP contribution is -2.07. The van der Waals surface area contributed by atoms with Gasteiger partial charge in [0.15, 0.2) is 0 Å². The van der Waals surface area contributed by atoms with Crippen molar-refractivity contribution in [2.45, 2.75) is 20.3 Å². The number of rotatable bonds is 3. The molecule has 0 aliphatic rings. The molecular formula is C12H14N4O2. The molecule has 0 fully saturated rings. The minimum Gasteiger partial charge on any atom is -0.391 e. The summed E-state index contributed by atoms with van der Waals surface area (Å²) in [7, 11) is 0. The zero-order chi connectivity index (χ0) is 13.3. The average Bonchev–Trinajstić information content (AvgIpc) is 2.27. The Balaban J connectivity index is 2.74. The fourth-order valence-electron chi connectivity index (χ4n) is 1.89. The van der Waals surface area contributed by atoms with Gasteiger partial charge in [0, 0.05) is 6.20 Å². The zero-order valence-corrected chi connectivity index (χ0v) is 10.3. The van der Waals surface area contributed by atoms with Crippen molar-refractivity contribution in [1.29, 1.82) is 0 Å². The molecule has 0 saturated heterocycles. The van der Waals surface area contributed by atoms with Crippen molar-refractivity contribution in [3.63, 3.8) is 0 Å². The summed E-state index contributed by atoms with van der Waals surface area (Å²) >= 11 is 0. The van der Waals surface area contributed by atoms with E-state index in [0.717, 1.165) is 0 Å². The highest BCUT2D eigenvalue weighted by atomic mass is 16.6. The quantitative estimate of drug-likeness (QED) is 0.662. The summed E-state index contributed by atoms with van der Waals surface area (Å²) in [5, 5.41) is 11.1. The van der Waals surface area contributed by atoms with Crippen molar-refractivity contribution in [2.24, 2.45) is 5.92 Å². The number of nitro groups is 1. The number of pyridine rings is 2. The van der Waals surface area contributed by atoms with E-state index in [1.54, 1.807) is 18.3 Å². The van der Waals surface area contributed by atoms with E-state index in [-0.39, 0.29) is 17.3 Å². The number of nitrogens with zero attached hydrogens (tertiary/aromatic N) is 3. The molecular weight excluding hydrogens is 232 g/mol. The maximum Gasteiger partial charge on any atom is 0.315 e. The summed E-state index contributed by atoms with van der Waals surface area (Å²) in [5.74, 6) is 0.268. The number of nitrogens with two attached hydrogens (primary N) is 1. The van der Waals surface area contributed by atoms with Crippen LogP contribution in [0.3, 0.4) is 0 Å². The number of fused-ring (bicyclic) bond motifs is 1. The molecule has 2 aromatic heterocycles. The van der Waals surface area contributed by atoms with E-state index < -0.39 is 4.92 Å². The molecule has 0 aromatic carbocycles. The van der Waals surface area contributed by atoms with Crippen LogP contribution < -0.4 is 5.73 Å². The average molecular weight is 246 g/mol. The van der Waals surface area contributed by atoms with Crippen LogP contribution in [0.25, 0.3) is 11.0 Å². The second-order valence-corrected chi connectivity index (χ2v) is 4.55. The van der Waals surface area contributed by atoms with E-state index in [0.29, 0.717) is 23.1 Å². The largest absolute Gasteiger partial charge is 0.391 e. The molecule has 6 nitrogen and oxygen atoms in total. The van der Waals surface area contributed by atoms with Gasteiger partial charge in [-0.1, -0.05) is 13.8 Å². The van der Waals surface area contributed by atoms with Crippen LogP contribution in [0, 0.1) is 16.0 Å². The van der Waals surface area contributed by atoms with Crippen LogP contribution in [0.5, 0.6) is 0 Å². The molecule has 0 spiro atoms. The first-order valence-electron chi connectivity index (χ1n) is 5.68. The van der Waals surface area contributed by atoms with Crippen molar-refractivity contribution in [3.05, 3.63) is 34.1 Å². The summed E-state index contributed by atoms with van der Waals surface area (Å²) in [6.45, 7) is 3.96. The molecule has 6 heteroatoms. The highest BCUT2D eigenvalue weighted by molar-refractivity contribution is 5.91. The number of nitrogen functional groups attached to an aromatic ring is 1. The van der Waals surface area contributed by atoms with Crippen LogP contribution >= 0.6 is 0 Å². The van der Waals surface area contributed by atoms with Gasteiger partial charge in [0.1, 0.15) is 16.9 Å². The molecule has 0 amide bonds. The van der Waals surface area contributed by atoms with Gasteiger partial charge in [-0.2, -0.15) is 0 Å². The van der Waals surface area contributed by atoms with E-state index in [1.165, 1.54) is 0 Å². The van der Waals surface area contributed by atoms with E-state index >= 15 is 0 Å². The second-order valence-electron chi connectivity index (χ2n) is 4.55. The monoisotopic (exact) mass is 246 g/mol. The molecule has 0 unspecified atom stereocenters. The number of hydrogen-bond acceptors (Lipinski definition) is 5. The minimum atomic E-state index is -0.478. The van der Waals surface area contributed by atoms with Gasteiger partial charge < -0.3 is 5.73 Å². The lowest BCUT2D eigenvalue weighted by atomic mass is 10.0. The Kier molecular flexibility index (Phi) is 3.10. The third-order valence-electron chi connectivity index (χ3n) is 2.61. The van der Waals surface area contributed by atoms with Gasteiger partial charge in [-0.3, -0.25) is 15.1 Å². The number of anilines is 1. The van der Waals surface area contributed by atoms with Gasteiger partial charge in [-0.25, -0.2) is 4.98 Å². The van der Waals surface area contributed by atoms with E-state index in [9.17, 15) is 10.1 Å².